The van der Waals surface area contributed by atoms with Gasteiger partial charge in [-0.1, -0.05) is 18.3 Å². The molecule has 0 saturated carbocycles. The van der Waals surface area contributed by atoms with Crippen LogP contribution >= 0.6 is 11.3 Å². The monoisotopic (exact) mass is 264 g/mol. The van der Waals surface area contributed by atoms with Crippen molar-refractivity contribution in [1.29, 1.82) is 0 Å². The molecule has 2 aromatic rings. The van der Waals surface area contributed by atoms with Crippen molar-refractivity contribution >= 4 is 28.1 Å². The van der Waals surface area contributed by atoms with Crippen LogP contribution in [0.1, 0.15) is 23.1 Å². The minimum Gasteiger partial charge on any atom is -0.360 e. The summed E-state index contributed by atoms with van der Waals surface area (Å²) in [4.78, 5) is 19.4. The summed E-state index contributed by atoms with van der Waals surface area (Å²) in [6.07, 6.45) is 5.42. The summed E-state index contributed by atoms with van der Waals surface area (Å²) in [7, 11) is 0. The third kappa shape index (κ3) is 3.20. The zero-order valence-corrected chi connectivity index (χ0v) is 10.6. The van der Waals surface area contributed by atoms with Crippen LogP contribution in [0, 0.1) is 0 Å². The molecule has 0 aromatic carbocycles. The van der Waals surface area contributed by atoms with E-state index >= 15 is 0 Å². The van der Waals surface area contributed by atoms with Gasteiger partial charge in [0, 0.05) is 6.54 Å². The van der Waals surface area contributed by atoms with Crippen LogP contribution in [0.4, 0.5) is 10.8 Å². The summed E-state index contributed by atoms with van der Waals surface area (Å²) < 4.78 is 0. The van der Waals surface area contributed by atoms with Gasteiger partial charge in [0.15, 0.2) is 0 Å². The summed E-state index contributed by atoms with van der Waals surface area (Å²) in [5.41, 5.74) is 0.528. The lowest BCUT2D eigenvalue weighted by Gasteiger charge is -1.99. The third-order valence-electron chi connectivity index (χ3n) is 1.96. The number of rotatable bonds is 5. The van der Waals surface area contributed by atoms with Crippen LogP contribution in [-0.4, -0.2) is 32.6 Å². The zero-order chi connectivity index (χ0) is 12.8. The Kier molecular flexibility index (Phi) is 4.13. The molecule has 0 aliphatic carbocycles. The molecule has 2 heterocycles. The van der Waals surface area contributed by atoms with Gasteiger partial charge in [0.25, 0.3) is 5.91 Å². The highest BCUT2D eigenvalue weighted by Crippen LogP contribution is 2.16. The summed E-state index contributed by atoms with van der Waals surface area (Å²) in [6.45, 7) is 2.86. The largest absolute Gasteiger partial charge is 0.360 e. The van der Waals surface area contributed by atoms with Gasteiger partial charge >= 0.3 is 0 Å². The van der Waals surface area contributed by atoms with E-state index in [1.54, 1.807) is 0 Å². The van der Waals surface area contributed by atoms with Gasteiger partial charge in [-0.3, -0.25) is 4.79 Å². The number of nitrogens with one attached hydrogen (secondary N) is 2. The Balaban J connectivity index is 1.99. The van der Waals surface area contributed by atoms with E-state index in [-0.39, 0.29) is 5.91 Å². The Hall–Kier alpha value is -2.09. The number of nitrogens with zero attached hydrogens (tertiary/aromatic N) is 4. The second-order valence-electron chi connectivity index (χ2n) is 3.42. The summed E-state index contributed by atoms with van der Waals surface area (Å²) in [6, 6.07) is 0. The minimum absolute atomic E-state index is 0.303. The maximum absolute atomic E-state index is 11.8. The predicted octanol–water partition coefficient (Wildman–Crippen LogP) is 1.40. The topological polar surface area (TPSA) is 92.7 Å². The van der Waals surface area contributed by atoms with Crippen LogP contribution in [-0.2, 0) is 0 Å². The predicted molar refractivity (Wildman–Crippen MR) is 68.7 cm³/mol. The van der Waals surface area contributed by atoms with Crippen molar-refractivity contribution in [3.05, 3.63) is 23.7 Å². The number of anilines is 2. The number of carbonyl (C=O) groups excluding carboxylic acids is 1. The van der Waals surface area contributed by atoms with E-state index in [4.69, 9.17) is 0 Å². The first-order chi connectivity index (χ1) is 8.79. The maximum atomic E-state index is 11.8. The highest BCUT2D eigenvalue weighted by Gasteiger charge is 2.12. The van der Waals surface area contributed by atoms with Crippen LogP contribution in [0.3, 0.4) is 0 Å². The lowest BCUT2D eigenvalue weighted by atomic mass is 10.5. The molecule has 0 atom stereocenters. The Bertz CT molecular complexity index is 514. The molecule has 0 unspecified atom stereocenters. The van der Waals surface area contributed by atoms with Crippen LogP contribution in [0.25, 0.3) is 0 Å². The zero-order valence-electron chi connectivity index (χ0n) is 9.75. The summed E-state index contributed by atoms with van der Waals surface area (Å²) in [5.74, 6) is -0.313. The van der Waals surface area contributed by atoms with Crippen molar-refractivity contribution in [2.45, 2.75) is 13.3 Å². The molecular weight excluding hydrogens is 252 g/mol. The summed E-state index contributed by atoms with van der Waals surface area (Å²) in [5, 5.41) is 14.4. The third-order valence-corrected chi connectivity index (χ3v) is 2.84. The number of carbonyl (C=O) groups is 1. The molecule has 2 rings (SSSR count). The fraction of sp³-hybridized carbons (Fsp3) is 0.300. The Morgan fingerprint density at radius 1 is 1.33 bits per heavy atom. The van der Waals surface area contributed by atoms with E-state index in [0.29, 0.717) is 15.8 Å². The van der Waals surface area contributed by atoms with Crippen LogP contribution in [0.5, 0.6) is 0 Å². The van der Waals surface area contributed by atoms with E-state index < -0.39 is 0 Å². The number of hydrogen-bond acceptors (Lipinski definition) is 7. The number of amides is 1. The summed E-state index contributed by atoms with van der Waals surface area (Å²) >= 11 is 1.21. The molecule has 0 aliphatic rings. The molecule has 0 aliphatic heterocycles. The van der Waals surface area contributed by atoms with Gasteiger partial charge in [-0.15, -0.1) is 10.2 Å². The normalized spacial score (nSPS) is 10.1. The smallest absolute Gasteiger partial charge is 0.286 e. The molecule has 2 aromatic heterocycles. The fourth-order valence-electron chi connectivity index (χ4n) is 1.17. The van der Waals surface area contributed by atoms with E-state index in [1.165, 1.54) is 30.1 Å². The molecule has 0 fully saturated rings. The fourth-order valence-corrected chi connectivity index (χ4v) is 1.83. The van der Waals surface area contributed by atoms with Gasteiger partial charge in [-0.2, -0.15) is 0 Å². The maximum Gasteiger partial charge on any atom is 0.286 e. The average molecular weight is 264 g/mol. The van der Waals surface area contributed by atoms with Crippen molar-refractivity contribution in [2.75, 3.05) is 17.2 Å². The Morgan fingerprint density at radius 2 is 2.11 bits per heavy atom. The number of hydrogen-bond donors (Lipinski definition) is 2. The van der Waals surface area contributed by atoms with Gasteiger partial charge in [-0.05, 0) is 6.42 Å². The highest BCUT2D eigenvalue weighted by atomic mass is 32.1. The molecule has 8 heteroatoms. The minimum atomic E-state index is -0.313. The first kappa shape index (κ1) is 12.4. The molecule has 0 saturated heterocycles. The molecule has 18 heavy (non-hydrogen) atoms. The molecule has 7 nitrogen and oxygen atoms in total. The van der Waals surface area contributed by atoms with Gasteiger partial charge in [0.1, 0.15) is 6.33 Å². The van der Waals surface area contributed by atoms with Crippen molar-refractivity contribution in [3.63, 3.8) is 0 Å². The molecule has 94 valence electrons. The molecule has 2 N–H and O–H groups in total. The van der Waals surface area contributed by atoms with Gasteiger partial charge < -0.3 is 10.6 Å². The lowest BCUT2D eigenvalue weighted by Crippen LogP contribution is -2.11. The second-order valence-corrected chi connectivity index (χ2v) is 4.40. The van der Waals surface area contributed by atoms with Crippen molar-refractivity contribution in [1.82, 2.24) is 20.2 Å². The Morgan fingerprint density at radius 3 is 2.83 bits per heavy atom. The van der Waals surface area contributed by atoms with Crippen molar-refractivity contribution in [3.8, 4) is 0 Å². The first-order valence-corrected chi connectivity index (χ1v) is 6.25. The average Bonchev–Trinajstić information content (AvgIpc) is 2.86. The van der Waals surface area contributed by atoms with Crippen LogP contribution < -0.4 is 10.6 Å². The van der Waals surface area contributed by atoms with E-state index in [0.717, 1.165) is 13.0 Å². The second kappa shape index (κ2) is 6.01. The van der Waals surface area contributed by atoms with Crippen molar-refractivity contribution < 1.29 is 4.79 Å². The SMILES string of the molecule is CCCNc1nnc(C(=O)Nc2cncnc2)s1. The van der Waals surface area contributed by atoms with Crippen LogP contribution in [0.2, 0.25) is 0 Å². The van der Waals surface area contributed by atoms with E-state index in [9.17, 15) is 4.79 Å². The van der Waals surface area contributed by atoms with E-state index in [2.05, 4.69) is 37.7 Å². The Labute approximate surface area is 108 Å². The van der Waals surface area contributed by atoms with E-state index in [1.807, 2.05) is 0 Å². The molecule has 0 bridgehead atoms. The lowest BCUT2D eigenvalue weighted by molar-refractivity contribution is 0.102. The molecule has 1 amide bonds. The molecule has 0 spiro atoms. The standard InChI is InChI=1S/C10H12N6OS/c1-2-3-13-10-16-15-9(18-10)8(17)14-7-4-11-6-12-5-7/h4-6H,2-3H2,1H3,(H,13,16)(H,14,17). The van der Waals surface area contributed by atoms with Gasteiger partial charge in [-0.25, -0.2) is 9.97 Å². The highest BCUT2D eigenvalue weighted by molar-refractivity contribution is 7.17. The van der Waals surface area contributed by atoms with Gasteiger partial charge in [0.2, 0.25) is 10.1 Å². The number of aromatic nitrogens is 4. The van der Waals surface area contributed by atoms with Crippen molar-refractivity contribution in [2.24, 2.45) is 0 Å². The molecular formula is C10H12N6OS. The molecule has 0 radical (unpaired) electrons. The van der Waals surface area contributed by atoms with Crippen LogP contribution in [0.15, 0.2) is 18.7 Å². The van der Waals surface area contributed by atoms with Gasteiger partial charge in [0.05, 0.1) is 18.1 Å². The quantitative estimate of drug-likeness (QED) is 0.848. The first-order valence-electron chi connectivity index (χ1n) is 5.43.